The molecule has 38 heavy (non-hydrogen) atoms. The van der Waals surface area contributed by atoms with E-state index in [0.29, 0.717) is 11.1 Å². The minimum atomic E-state index is -4.42. The third kappa shape index (κ3) is 5.53. The maximum atomic E-state index is 13.2. The summed E-state index contributed by atoms with van der Waals surface area (Å²) in [4.78, 5) is 5.23. The van der Waals surface area contributed by atoms with Crippen molar-refractivity contribution in [1.29, 1.82) is 0 Å². The van der Waals surface area contributed by atoms with Crippen molar-refractivity contribution in [3.05, 3.63) is 63.5 Å². The highest BCUT2D eigenvalue weighted by Gasteiger charge is 2.46. The molecule has 2 aliphatic rings. The summed E-state index contributed by atoms with van der Waals surface area (Å²) >= 11 is 0. The molecule has 0 amide bonds. The number of fused-ring (bicyclic) bond motifs is 1. The molecule has 1 aromatic carbocycles. The number of nitrogens with zero attached hydrogens (tertiary/aromatic N) is 1. The van der Waals surface area contributed by atoms with Gasteiger partial charge in [-0.15, -0.1) is 10.3 Å². The quantitative estimate of drug-likeness (QED) is 0.403. The van der Waals surface area contributed by atoms with Gasteiger partial charge in [0.2, 0.25) is 0 Å². The second-order valence-corrected chi connectivity index (χ2v) is 17.0. The van der Waals surface area contributed by atoms with Crippen molar-refractivity contribution >= 4 is 10.3 Å². The van der Waals surface area contributed by atoms with Crippen LogP contribution in [0.3, 0.4) is 0 Å². The van der Waals surface area contributed by atoms with Gasteiger partial charge in [0.15, 0.2) is 0 Å². The smallest absolute Gasteiger partial charge is 0.384 e. The van der Waals surface area contributed by atoms with Crippen LogP contribution in [0.15, 0.2) is 24.3 Å². The first kappa shape index (κ1) is 29.4. The molecule has 0 aliphatic heterocycles. The number of aromatic nitrogens is 1. The first-order valence-electron chi connectivity index (χ1n) is 13.8. The van der Waals surface area contributed by atoms with E-state index in [9.17, 15) is 18.3 Å². The van der Waals surface area contributed by atoms with Gasteiger partial charge in [-0.05, 0) is 79.7 Å². The maximum absolute atomic E-state index is 13.2. The monoisotopic (exact) mass is 551 g/mol. The van der Waals surface area contributed by atoms with Gasteiger partial charge < -0.3 is 9.29 Å². The summed E-state index contributed by atoms with van der Waals surface area (Å²) < 4.78 is 46.6. The number of aliphatic hydroxyl groups is 1. The Morgan fingerprint density at radius 3 is 2.13 bits per heavy atom. The largest absolute Gasteiger partial charge is 0.416 e. The van der Waals surface area contributed by atoms with Crippen LogP contribution in [0.25, 0.3) is 0 Å². The molecule has 0 saturated heterocycles. The van der Waals surface area contributed by atoms with Crippen molar-refractivity contribution < 1.29 is 22.5 Å². The van der Waals surface area contributed by atoms with Crippen molar-refractivity contribution in [2.24, 2.45) is 5.41 Å². The van der Waals surface area contributed by atoms with Gasteiger partial charge in [0, 0.05) is 27.3 Å². The number of alkyl halides is 3. The van der Waals surface area contributed by atoms with E-state index in [1.165, 1.54) is 37.8 Å². The summed E-state index contributed by atoms with van der Waals surface area (Å²) in [5.41, 5.74) is 4.57. The number of hydrogen-bond donors (Lipinski definition) is 1. The second kappa shape index (κ2) is 10.1. The summed E-state index contributed by atoms with van der Waals surface area (Å²) in [6.07, 6.45) is 5.56. The Kier molecular flexibility index (Phi) is 7.83. The molecular weight excluding hydrogens is 507 g/mol. The van der Waals surface area contributed by atoms with Crippen molar-refractivity contribution in [2.45, 2.75) is 109 Å². The highest BCUT2D eigenvalue weighted by molar-refractivity contribution is 8.29. The maximum Gasteiger partial charge on any atom is 0.416 e. The van der Waals surface area contributed by atoms with Crippen molar-refractivity contribution in [2.75, 3.05) is 12.5 Å². The summed E-state index contributed by atoms with van der Waals surface area (Å²) in [5.74, 6) is 0.0514. The van der Waals surface area contributed by atoms with Gasteiger partial charge in [-0.1, -0.05) is 59.6 Å². The Hall–Kier alpha value is -1.57. The van der Waals surface area contributed by atoms with Crippen LogP contribution in [0.2, 0.25) is 0 Å². The Bertz CT molecular complexity index is 1160. The first-order valence-corrected chi connectivity index (χ1v) is 16.1. The van der Waals surface area contributed by atoms with E-state index in [1.54, 1.807) is 0 Å². The van der Waals surface area contributed by atoms with Gasteiger partial charge in [0.25, 0.3) is 0 Å². The molecule has 212 valence electrons. The van der Waals surface area contributed by atoms with Crippen LogP contribution >= 0.6 is 10.3 Å². The van der Waals surface area contributed by atoms with E-state index in [0.717, 1.165) is 47.5 Å². The Balaban J connectivity index is 1.86. The molecule has 0 bridgehead atoms. The Morgan fingerprint density at radius 1 is 1.05 bits per heavy atom. The number of rotatable bonds is 5. The molecule has 1 spiro atoms. The number of aliphatic hydroxyl groups excluding tert-OH is 1. The van der Waals surface area contributed by atoms with Gasteiger partial charge in [0.1, 0.15) is 6.10 Å². The number of halogens is 3. The molecule has 0 radical (unpaired) electrons. The summed E-state index contributed by atoms with van der Waals surface area (Å²) in [7, 11) is -1.43. The lowest BCUT2D eigenvalue weighted by Gasteiger charge is -2.49. The molecule has 1 fully saturated rings. The Morgan fingerprint density at radius 2 is 1.63 bits per heavy atom. The van der Waals surface area contributed by atoms with Crippen LogP contribution in [0.5, 0.6) is 0 Å². The van der Waals surface area contributed by atoms with Crippen LogP contribution in [0.4, 0.5) is 13.2 Å². The molecule has 1 N–H and O–H groups in total. The summed E-state index contributed by atoms with van der Waals surface area (Å²) in [6, 6.07) is 4.84. The summed E-state index contributed by atoms with van der Waals surface area (Å²) in [6.45, 7) is 12.8. The predicted molar refractivity (Wildman–Crippen MR) is 151 cm³/mol. The molecule has 1 aromatic heterocycles. The van der Waals surface area contributed by atoms with Crippen LogP contribution in [-0.2, 0) is 16.8 Å². The fourth-order valence-electron chi connectivity index (χ4n) is 6.13. The van der Waals surface area contributed by atoms with E-state index < -0.39 is 28.2 Å². The average molecular weight is 552 g/mol. The SMILES string of the molecule is Cc1c2c(nc(C(C)C)c1C(O)c1ccc(C(F)(F)F)cc1)CC1(CCCC1)CC2OS(C)(C)C(C)(C)C. The van der Waals surface area contributed by atoms with Crippen LogP contribution in [-0.4, -0.2) is 27.3 Å². The van der Waals surface area contributed by atoms with Crippen LogP contribution < -0.4 is 0 Å². The molecule has 3 nitrogen and oxygen atoms in total. The number of pyridine rings is 1. The molecule has 1 heterocycles. The number of benzene rings is 1. The van der Waals surface area contributed by atoms with Gasteiger partial charge in [-0.3, -0.25) is 4.98 Å². The zero-order valence-corrected chi connectivity index (χ0v) is 24.9. The van der Waals surface area contributed by atoms with Crippen LogP contribution in [0, 0.1) is 12.3 Å². The van der Waals surface area contributed by atoms with Gasteiger partial charge in [-0.25, -0.2) is 0 Å². The normalized spacial score (nSPS) is 21.1. The summed E-state index contributed by atoms with van der Waals surface area (Å²) in [5, 5.41) is 11.6. The van der Waals surface area contributed by atoms with E-state index in [-0.39, 0.29) is 22.2 Å². The van der Waals surface area contributed by atoms with Gasteiger partial charge >= 0.3 is 6.18 Å². The molecule has 4 rings (SSSR count). The molecule has 2 atom stereocenters. The lowest BCUT2D eigenvalue weighted by Crippen LogP contribution is -2.35. The molecule has 1 saturated carbocycles. The molecule has 7 heteroatoms. The lowest BCUT2D eigenvalue weighted by molar-refractivity contribution is -0.137. The highest BCUT2D eigenvalue weighted by atomic mass is 32.3. The van der Waals surface area contributed by atoms with Crippen LogP contribution in [0.1, 0.15) is 124 Å². The Labute approximate surface area is 228 Å². The molecule has 2 unspecified atom stereocenters. The zero-order chi connectivity index (χ0) is 28.3. The fourth-order valence-corrected chi connectivity index (χ4v) is 7.17. The highest BCUT2D eigenvalue weighted by Crippen LogP contribution is 2.61. The van der Waals surface area contributed by atoms with E-state index in [2.05, 4.69) is 47.1 Å². The van der Waals surface area contributed by atoms with Crippen molar-refractivity contribution in [3.8, 4) is 0 Å². The molecule has 2 aromatic rings. The van der Waals surface area contributed by atoms with Gasteiger partial charge in [-0.2, -0.15) is 13.2 Å². The topological polar surface area (TPSA) is 42.4 Å². The minimum absolute atomic E-state index is 0.00473. The first-order chi connectivity index (χ1) is 17.5. The molecular formula is C31H44F3NO2S. The van der Waals surface area contributed by atoms with E-state index in [4.69, 9.17) is 9.17 Å². The molecule has 2 aliphatic carbocycles. The van der Waals surface area contributed by atoms with E-state index in [1.807, 2.05) is 6.92 Å². The van der Waals surface area contributed by atoms with Crippen molar-refractivity contribution in [1.82, 2.24) is 4.98 Å². The van der Waals surface area contributed by atoms with E-state index >= 15 is 0 Å². The minimum Gasteiger partial charge on any atom is -0.384 e. The third-order valence-electron chi connectivity index (χ3n) is 9.00. The lowest BCUT2D eigenvalue weighted by atomic mass is 9.69. The fraction of sp³-hybridized carbons (Fsp3) is 0.645. The number of hydrogen-bond acceptors (Lipinski definition) is 3. The van der Waals surface area contributed by atoms with Crippen molar-refractivity contribution in [3.63, 3.8) is 0 Å². The van der Waals surface area contributed by atoms with Gasteiger partial charge in [0.05, 0.1) is 11.7 Å². The standard InChI is InChI=1S/C31H44F3NO2S/c1-19(2)27-26(28(36)21-11-13-22(14-12-21)31(32,33)34)20(3)25-23(35-27)17-30(15-9-10-16-30)18-24(25)37-38(7,8)29(4,5)6/h11-14,19,24,28,36H,9-10,15-18H2,1-8H3. The third-order valence-corrected chi connectivity index (χ3v) is 12.7. The second-order valence-electron chi connectivity index (χ2n) is 13.1. The predicted octanol–water partition coefficient (Wildman–Crippen LogP) is 8.96. The average Bonchev–Trinajstić information content (AvgIpc) is 3.23. The zero-order valence-electron chi connectivity index (χ0n) is 24.1.